The Hall–Kier alpha value is -1.56. The number of H-pyrrole nitrogens is 1. The van der Waals surface area contributed by atoms with Crippen molar-refractivity contribution in [1.29, 1.82) is 0 Å². The van der Waals surface area contributed by atoms with Crippen molar-refractivity contribution in [2.45, 2.75) is 59.0 Å². The minimum atomic E-state index is -0.621. The molecule has 0 amide bonds. The lowest BCUT2D eigenvalue weighted by Gasteiger charge is -2.36. The van der Waals surface area contributed by atoms with Gasteiger partial charge in [-0.25, -0.2) is 0 Å². The molecule has 162 valence electrons. The molecule has 0 bridgehead atoms. The highest BCUT2D eigenvalue weighted by Gasteiger charge is 2.41. The van der Waals surface area contributed by atoms with Crippen LogP contribution in [-0.4, -0.2) is 48.7 Å². The zero-order chi connectivity index (χ0) is 20.1. The summed E-state index contributed by atoms with van der Waals surface area (Å²) in [6.07, 6.45) is 2.84. The summed E-state index contributed by atoms with van der Waals surface area (Å²) in [5, 5.41) is 1.27. The lowest BCUT2D eigenvalue weighted by atomic mass is 9.86. The zero-order valence-electron chi connectivity index (χ0n) is 18.2. The van der Waals surface area contributed by atoms with Crippen molar-refractivity contribution in [3.8, 4) is 0 Å². The number of aromatic amines is 1. The van der Waals surface area contributed by atoms with Crippen LogP contribution < -0.4 is 0 Å². The number of rotatable bonds is 9. The zero-order valence-corrected chi connectivity index (χ0v) is 19.0. The second-order valence-electron chi connectivity index (χ2n) is 7.54. The summed E-state index contributed by atoms with van der Waals surface area (Å²) in [7, 11) is 0. The van der Waals surface area contributed by atoms with Crippen molar-refractivity contribution in [2.75, 3.05) is 32.8 Å². The first-order valence-corrected chi connectivity index (χ1v) is 10.7. The van der Waals surface area contributed by atoms with Gasteiger partial charge in [0.2, 0.25) is 0 Å². The number of nitrogens with one attached hydrogen (secondary N) is 1. The van der Waals surface area contributed by atoms with E-state index < -0.39 is 5.60 Å². The van der Waals surface area contributed by atoms with Crippen molar-refractivity contribution in [1.82, 2.24) is 9.88 Å². The number of benzene rings is 1. The summed E-state index contributed by atoms with van der Waals surface area (Å²) < 4.78 is 11.8. The van der Waals surface area contributed by atoms with E-state index in [9.17, 15) is 4.79 Å². The van der Waals surface area contributed by atoms with Crippen LogP contribution in [0.15, 0.2) is 18.2 Å². The number of carbonyl (C=O) groups is 1. The van der Waals surface area contributed by atoms with Crippen LogP contribution in [0.1, 0.15) is 57.4 Å². The Kier molecular flexibility index (Phi) is 8.56. The Morgan fingerprint density at radius 1 is 1.24 bits per heavy atom. The van der Waals surface area contributed by atoms with Crippen LogP contribution in [0.5, 0.6) is 0 Å². The monoisotopic (exact) mass is 422 g/mol. The van der Waals surface area contributed by atoms with Crippen LogP contribution in [0.2, 0.25) is 0 Å². The Balaban J connectivity index is 0.00000300. The molecule has 1 unspecified atom stereocenters. The van der Waals surface area contributed by atoms with Crippen molar-refractivity contribution in [3.05, 3.63) is 35.0 Å². The van der Waals surface area contributed by atoms with Gasteiger partial charge in [0.15, 0.2) is 0 Å². The van der Waals surface area contributed by atoms with Crippen LogP contribution in [-0.2, 0) is 32.7 Å². The third-order valence-corrected chi connectivity index (χ3v) is 6.16. The van der Waals surface area contributed by atoms with Gasteiger partial charge in [-0.2, -0.15) is 0 Å². The van der Waals surface area contributed by atoms with Crippen molar-refractivity contribution < 1.29 is 14.3 Å². The number of ether oxygens (including phenoxy) is 2. The second kappa shape index (κ2) is 10.5. The highest BCUT2D eigenvalue weighted by Crippen LogP contribution is 2.42. The van der Waals surface area contributed by atoms with Crippen molar-refractivity contribution in [2.24, 2.45) is 0 Å². The Morgan fingerprint density at radius 3 is 2.66 bits per heavy atom. The fourth-order valence-electron chi connectivity index (χ4n) is 4.35. The number of aromatic nitrogens is 1. The normalized spacial score (nSPS) is 18.5. The molecule has 1 aliphatic rings. The minimum Gasteiger partial charge on any atom is -0.464 e. The predicted octanol–water partition coefficient (Wildman–Crippen LogP) is 4.61. The number of hydrogen-bond donors (Lipinski definition) is 1. The summed E-state index contributed by atoms with van der Waals surface area (Å²) >= 11 is 0. The molecule has 1 aromatic carbocycles. The number of para-hydroxylation sites is 1. The molecule has 29 heavy (non-hydrogen) atoms. The fraction of sp³-hybridized carbons (Fsp3) is 0.609. The third-order valence-electron chi connectivity index (χ3n) is 6.16. The Labute approximate surface area is 180 Å². The molecule has 0 aliphatic carbocycles. The van der Waals surface area contributed by atoms with E-state index in [1.54, 1.807) is 0 Å². The quantitative estimate of drug-likeness (QED) is 0.600. The highest BCUT2D eigenvalue weighted by molar-refractivity contribution is 5.88. The molecule has 5 nitrogen and oxygen atoms in total. The van der Waals surface area contributed by atoms with Gasteiger partial charge in [0, 0.05) is 17.4 Å². The van der Waals surface area contributed by atoms with E-state index in [0.29, 0.717) is 13.2 Å². The fourth-order valence-corrected chi connectivity index (χ4v) is 4.35. The molecule has 1 aliphatic heterocycles. The number of halogens is 1. The van der Waals surface area contributed by atoms with Gasteiger partial charge in [0.05, 0.1) is 18.7 Å². The first-order chi connectivity index (χ1) is 13.6. The molecule has 3 rings (SSSR count). The number of hydrogen-bond acceptors (Lipinski definition) is 4. The Bertz CT molecular complexity index is 816. The summed E-state index contributed by atoms with van der Waals surface area (Å²) in [4.78, 5) is 18.5. The van der Waals surface area contributed by atoms with E-state index in [4.69, 9.17) is 9.47 Å². The lowest BCUT2D eigenvalue weighted by Crippen LogP contribution is -2.38. The number of nitrogens with zero attached hydrogens (tertiary/aromatic N) is 1. The number of fused-ring (bicyclic) bond motifs is 3. The lowest BCUT2D eigenvalue weighted by molar-refractivity contribution is -0.155. The molecule has 6 heteroatoms. The SMILES string of the molecule is CCc1cccc2c3c([nH]c12)C(CC)(CC(=O)OCCN(CC)CC)OCC3.Cl. The maximum absolute atomic E-state index is 12.6. The summed E-state index contributed by atoms with van der Waals surface area (Å²) in [5.74, 6) is -0.184. The van der Waals surface area contributed by atoms with E-state index in [2.05, 4.69) is 55.8 Å². The van der Waals surface area contributed by atoms with E-state index >= 15 is 0 Å². The van der Waals surface area contributed by atoms with E-state index in [1.165, 1.54) is 22.0 Å². The van der Waals surface area contributed by atoms with Gasteiger partial charge in [-0.05, 0) is 43.5 Å². The molecule has 1 N–H and O–H groups in total. The minimum absolute atomic E-state index is 0. The van der Waals surface area contributed by atoms with Crippen LogP contribution >= 0.6 is 12.4 Å². The Morgan fingerprint density at radius 2 is 2.00 bits per heavy atom. The van der Waals surface area contributed by atoms with Gasteiger partial charge >= 0.3 is 5.97 Å². The first-order valence-electron chi connectivity index (χ1n) is 10.7. The number of aryl methyl sites for hydroxylation is 1. The molecule has 1 atom stereocenters. The first kappa shape index (κ1) is 23.7. The van der Waals surface area contributed by atoms with Gasteiger partial charge in [-0.3, -0.25) is 4.79 Å². The summed E-state index contributed by atoms with van der Waals surface area (Å²) in [6.45, 7) is 12.3. The van der Waals surface area contributed by atoms with Gasteiger partial charge in [0.25, 0.3) is 0 Å². The number of esters is 1. The molecule has 0 spiro atoms. The third kappa shape index (κ3) is 4.79. The van der Waals surface area contributed by atoms with Crippen molar-refractivity contribution in [3.63, 3.8) is 0 Å². The molecule has 2 heterocycles. The van der Waals surface area contributed by atoms with E-state index in [0.717, 1.165) is 44.6 Å². The number of likely N-dealkylation sites (N-methyl/N-ethyl adjacent to an activating group) is 1. The molecule has 1 aromatic heterocycles. The summed E-state index contributed by atoms with van der Waals surface area (Å²) in [6, 6.07) is 6.47. The van der Waals surface area contributed by atoms with Crippen LogP contribution in [0, 0.1) is 0 Å². The van der Waals surface area contributed by atoms with Crippen LogP contribution in [0.25, 0.3) is 10.9 Å². The standard InChI is InChI=1S/C23H34N2O3.ClH/c1-5-17-10-9-11-18-19-12-14-28-23(6-2,22(19)24-21(17)18)16-20(26)27-15-13-25(7-3)8-4;/h9-11,24H,5-8,12-16H2,1-4H3;1H. The molecule has 0 radical (unpaired) electrons. The van der Waals surface area contributed by atoms with Gasteiger partial charge in [-0.15, -0.1) is 12.4 Å². The maximum atomic E-state index is 12.6. The topological polar surface area (TPSA) is 54.6 Å². The van der Waals surface area contributed by atoms with Gasteiger partial charge in [0.1, 0.15) is 12.2 Å². The van der Waals surface area contributed by atoms with E-state index in [-0.39, 0.29) is 24.8 Å². The maximum Gasteiger partial charge on any atom is 0.309 e. The number of carbonyl (C=O) groups excluding carboxylic acids is 1. The average Bonchev–Trinajstić information content (AvgIpc) is 3.11. The molecular formula is C23H35ClN2O3. The summed E-state index contributed by atoms with van der Waals surface area (Å²) in [5.41, 5.74) is 4.24. The molecular weight excluding hydrogens is 388 g/mol. The van der Waals surface area contributed by atoms with Crippen LogP contribution in [0.4, 0.5) is 0 Å². The predicted molar refractivity (Wildman–Crippen MR) is 120 cm³/mol. The average molecular weight is 423 g/mol. The highest BCUT2D eigenvalue weighted by atomic mass is 35.5. The molecule has 0 saturated carbocycles. The largest absolute Gasteiger partial charge is 0.464 e. The van der Waals surface area contributed by atoms with Crippen LogP contribution in [0.3, 0.4) is 0 Å². The second-order valence-corrected chi connectivity index (χ2v) is 7.54. The van der Waals surface area contributed by atoms with Gasteiger partial charge in [-0.1, -0.05) is 45.9 Å². The van der Waals surface area contributed by atoms with Crippen molar-refractivity contribution >= 4 is 29.3 Å². The molecule has 2 aromatic rings. The molecule has 0 saturated heterocycles. The van der Waals surface area contributed by atoms with Gasteiger partial charge < -0.3 is 19.4 Å². The van der Waals surface area contributed by atoms with E-state index in [1.807, 2.05) is 0 Å². The molecule has 0 fully saturated rings. The smallest absolute Gasteiger partial charge is 0.309 e.